The summed E-state index contributed by atoms with van der Waals surface area (Å²) >= 11 is 0. The molecule has 0 radical (unpaired) electrons. The predicted molar refractivity (Wildman–Crippen MR) is 99.9 cm³/mol. The van der Waals surface area contributed by atoms with Gasteiger partial charge in [-0.3, -0.25) is 4.79 Å². The van der Waals surface area contributed by atoms with Crippen LogP contribution in [0.4, 0.5) is 0 Å². The van der Waals surface area contributed by atoms with Crippen LogP contribution in [0.25, 0.3) is 0 Å². The molecular formula is C21H34O3. The van der Waals surface area contributed by atoms with Gasteiger partial charge in [0.15, 0.2) is 0 Å². The molecule has 136 valence electrons. The number of hydrogen-bond acceptors (Lipinski definition) is 3. The number of allylic oxidation sites excluding steroid dienone is 5. The highest BCUT2D eigenvalue weighted by Gasteiger charge is 2.36. The van der Waals surface area contributed by atoms with Crippen LogP contribution in [0.3, 0.4) is 0 Å². The van der Waals surface area contributed by atoms with Crippen LogP contribution in [0, 0.1) is 0 Å². The Balaban J connectivity index is 1.90. The summed E-state index contributed by atoms with van der Waals surface area (Å²) in [4.78, 5) is 10.9. The van der Waals surface area contributed by atoms with Gasteiger partial charge in [-0.2, -0.15) is 0 Å². The van der Waals surface area contributed by atoms with Gasteiger partial charge in [0, 0.05) is 6.42 Å². The van der Waals surface area contributed by atoms with Crippen molar-refractivity contribution in [3.8, 4) is 0 Å². The van der Waals surface area contributed by atoms with Crippen molar-refractivity contribution in [1.29, 1.82) is 0 Å². The molecule has 3 nitrogen and oxygen atoms in total. The Morgan fingerprint density at radius 3 is 2.38 bits per heavy atom. The molecule has 1 aliphatic rings. The summed E-state index contributed by atoms with van der Waals surface area (Å²) < 4.78 is 10.3. The van der Waals surface area contributed by atoms with Crippen molar-refractivity contribution in [2.24, 2.45) is 0 Å². The van der Waals surface area contributed by atoms with Crippen molar-refractivity contribution in [3.05, 3.63) is 36.5 Å². The lowest BCUT2D eigenvalue weighted by atomic mass is 10.1. The third-order valence-electron chi connectivity index (χ3n) is 4.17. The molecule has 0 bridgehead atoms. The van der Waals surface area contributed by atoms with Crippen LogP contribution in [-0.2, 0) is 14.3 Å². The molecule has 0 aromatic rings. The molecule has 3 heteroatoms. The second-order valence-electron chi connectivity index (χ2n) is 6.30. The van der Waals surface area contributed by atoms with Crippen molar-refractivity contribution in [3.63, 3.8) is 0 Å². The van der Waals surface area contributed by atoms with Crippen LogP contribution in [0.2, 0.25) is 0 Å². The molecule has 1 rings (SSSR count). The van der Waals surface area contributed by atoms with Crippen molar-refractivity contribution < 1.29 is 14.3 Å². The van der Waals surface area contributed by atoms with Gasteiger partial charge in [0.25, 0.3) is 0 Å². The number of methoxy groups -OCH3 is 1. The van der Waals surface area contributed by atoms with Gasteiger partial charge < -0.3 is 9.47 Å². The Labute approximate surface area is 147 Å². The second kappa shape index (κ2) is 14.0. The van der Waals surface area contributed by atoms with Gasteiger partial charge in [0.2, 0.25) is 0 Å². The van der Waals surface area contributed by atoms with Gasteiger partial charge in [-0.25, -0.2) is 0 Å². The van der Waals surface area contributed by atoms with E-state index in [1.165, 1.54) is 32.8 Å². The van der Waals surface area contributed by atoms with E-state index < -0.39 is 0 Å². The van der Waals surface area contributed by atoms with Crippen LogP contribution in [0.1, 0.15) is 71.1 Å². The number of hydrogen-bond donors (Lipinski definition) is 0. The van der Waals surface area contributed by atoms with Crippen molar-refractivity contribution >= 4 is 5.97 Å². The predicted octanol–water partition coefficient (Wildman–Crippen LogP) is 5.52. The molecule has 24 heavy (non-hydrogen) atoms. The molecule has 0 spiro atoms. The minimum atomic E-state index is -0.126. The first-order chi connectivity index (χ1) is 11.8. The summed E-state index contributed by atoms with van der Waals surface area (Å²) in [5.74, 6) is -0.126. The van der Waals surface area contributed by atoms with E-state index in [0.29, 0.717) is 18.6 Å². The SMILES string of the molecule is CCCCC[C@H]1O[C@H]1C/C=C/C/C=C/C/C=C/CCCC(=O)OC. The topological polar surface area (TPSA) is 38.8 Å². The van der Waals surface area contributed by atoms with Crippen LogP contribution >= 0.6 is 0 Å². The molecule has 0 saturated carbocycles. The summed E-state index contributed by atoms with van der Waals surface area (Å²) in [6.07, 6.45) is 24.6. The summed E-state index contributed by atoms with van der Waals surface area (Å²) in [7, 11) is 1.43. The minimum Gasteiger partial charge on any atom is -0.469 e. The minimum absolute atomic E-state index is 0.126. The molecule has 0 aromatic carbocycles. The van der Waals surface area contributed by atoms with E-state index in [1.807, 2.05) is 0 Å². The molecule has 2 atom stereocenters. The molecule has 1 aliphatic heterocycles. The van der Waals surface area contributed by atoms with Crippen LogP contribution in [0.15, 0.2) is 36.5 Å². The van der Waals surface area contributed by atoms with Crippen LogP contribution < -0.4 is 0 Å². The first kappa shape index (κ1) is 20.7. The number of unbranched alkanes of at least 4 members (excludes halogenated alkanes) is 3. The zero-order chi connectivity index (χ0) is 17.5. The number of carbonyl (C=O) groups is 1. The third-order valence-corrected chi connectivity index (χ3v) is 4.17. The molecule has 1 heterocycles. The van der Waals surface area contributed by atoms with Gasteiger partial charge in [0.1, 0.15) is 0 Å². The number of carbonyl (C=O) groups excluding carboxylic acids is 1. The molecular weight excluding hydrogens is 300 g/mol. The monoisotopic (exact) mass is 334 g/mol. The molecule has 0 aromatic heterocycles. The number of rotatable bonds is 14. The fraction of sp³-hybridized carbons (Fsp3) is 0.667. The first-order valence-electron chi connectivity index (χ1n) is 9.45. The van der Waals surface area contributed by atoms with E-state index >= 15 is 0 Å². The van der Waals surface area contributed by atoms with E-state index in [9.17, 15) is 4.79 Å². The summed E-state index contributed by atoms with van der Waals surface area (Å²) in [5.41, 5.74) is 0. The largest absolute Gasteiger partial charge is 0.469 e. The molecule has 0 unspecified atom stereocenters. The highest BCUT2D eigenvalue weighted by Crippen LogP contribution is 2.30. The standard InChI is InChI=1S/C21H34O3/c1-3-4-13-16-19-20(24-19)17-14-11-9-7-5-6-8-10-12-15-18-21(22)23-2/h5,7-8,10-11,14,19-20H,3-4,6,9,12-13,15-18H2,1-2H3/b7-5+,10-8+,14-11+/t19-,20+/m1/s1. The fourth-order valence-corrected chi connectivity index (χ4v) is 2.59. The summed E-state index contributed by atoms with van der Waals surface area (Å²) in [6.45, 7) is 2.24. The quantitative estimate of drug-likeness (QED) is 0.182. The maximum absolute atomic E-state index is 10.9. The maximum Gasteiger partial charge on any atom is 0.305 e. The van der Waals surface area contributed by atoms with Crippen LogP contribution in [-0.4, -0.2) is 25.3 Å². The zero-order valence-electron chi connectivity index (χ0n) is 15.4. The number of epoxide rings is 1. The molecule has 0 N–H and O–H groups in total. The lowest BCUT2D eigenvalue weighted by Crippen LogP contribution is -1.98. The van der Waals surface area contributed by atoms with Gasteiger partial charge >= 0.3 is 5.97 Å². The second-order valence-corrected chi connectivity index (χ2v) is 6.30. The summed E-state index contributed by atoms with van der Waals surface area (Å²) in [5, 5.41) is 0. The average Bonchev–Trinajstić information content (AvgIpc) is 3.34. The molecule has 1 saturated heterocycles. The Hall–Kier alpha value is -1.35. The number of esters is 1. The Morgan fingerprint density at radius 2 is 1.67 bits per heavy atom. The number of ether oxygens (including phenoxy) is 2. The molecule has 1 fully saturated rings. The fourth-order valence-electron chi connectivity index (χ4n) is 2.59. The van der Waals surface area contributed by atoms with Gasteiger partial charge in [-0.05, 0) is 38.5 Å². The summed E-state index contributed by atoms with van der Waals surface area (Å²) in [6, 6.07) is 0. The van der Waals surface area contributed by atoms with Gasteiger partial charge in [-0.15, -0.1) is 0 Å². The normalized spacial score (nSPS) is 20.4. The zero-order valence-corrected chi connectivity index (χ0v) is 15.4. The molecule has 0 amide bonds. The van der Waals surface area contributed by atoms with E-state index in [2.05, 4.69) is 48.1 Å². The average molecular weight is 335 g/mol. The van der Waals surface area contributed by atoms with Crippen LogP contribution in [0.5, 0.6) is 0 Å². The lowest BCUT2D eigenvalue weighted by Gasteiger charge is -1.95. The van der Waals surface area contributed by atoms with Gasteiger partial charge in [0.05, 0.1) is 19.3 Å². The van der Waals surface area contributed by atoms with E-state index in [0.717, 1.165) is 32.1 Å². The third kappa shape index (κ3) is 11.2. The highest BCUT2D eigenvalue weighted by molar-refractivity contribution is 5.69. The van der Waals surface area contributed by atoms with E-state index in [4.69, 9.17) is 4.74 Å². The maximum atomic E-state index is 10.9. The van der Waals surface area contributed by atoms with Crippen molar-refractivity contribution in [2.75, 3.05) is 7.11 Å². The smallest absolute Gasteiger partial charge is 0.305 e. The van der Waals surface area contributed by atoms with Crippen molar-refractivity contribution in [2.45, 2.75) is 83.3 Å². The van der Waals surface area contributed by atoms with Crippen molar-refractivity contribution in [1.82, 2.24) is 0 Å². The Morgan fingerprint density at radius 1 is 0.958 bits per heavy atom. The van der Waals surface area contributed by atoms with E-state index in [-0.39, 0.29) is 5.97 Å². The van der Waals surface area contributed by atoms with Gasteiger partial charge in [-0.1, -0.05) is 62.6 Å². The Bertz CT molecular complexity index is 409. The lowest BCUT2D eigenvalue weighted by molar-refractivity contribution is -0.140. The molecule has 0 aliphatic carbocycles. The Kier molecular flexibility index (Phi) is 12.1. The van der Waals surface area contributed by atoms with E-state index in [1.54, 1.807) is 0 Å². The highest BCUT2D eigenvalue weighted by atomic mass is 16.6. The first-order valence-corrected chi connectivity index (χ1v) is 9.45.